The smallest absolute Gasteiger partial charge is 0.319 e. The standard InChI is InChI=1S/C9H16O4Si/c1-4-6-7(10)13-8(11)9(6,5-2)14-12-3/h6H,4-5,14H2,1-3H3. The van der Waals surface area contributed by atoms with E-state index in [1.165, 1.54) is 0 Å². The summed E-state index contributed by atoms with van der Waals surface area (Å²) in [5.41, 5.74) is 0. The fourth-order valence-electron chi connectivity index (χ4n) is 2.10. The molecule has 0 spiro atoms. The maximum absolute atomic E-state index is 11.6. The molecule has 1 rings (SSSR count). The predicted octanol–water partition coefficient (Wildman–Crippen LogP) is 0.395. The molecule has 1 heterocycles. The van der Waals surface area contributed by atoms with Crippen molar-refractivity contribution in [2.45, 2.75) is 31.7 Å². The second kappa shape index (κ2) is 4.23. The second-order valence-electron chi connectivity index (χ2n) is 3.61. The molecule has 0 N–H and O–H groups in total. The molecule has 4 nitrogen and oxygen atoms in total. The molecule has 1 aliphatic rings. The maximum Gasteiger partial charge on any atom is 0.319 e. The predicted molar refractivity (Wildman–Crippen MR) is 53.4 cm³/mol. The van der Waals surface area contributed by atoms with Gasteiger partial charge < -0.3 is 9.16 Å². The van der Waals surface area contributed by atoms with Crippen LogP contribution in [-0.2, 0) is 18.8 Å². The van der Waals surface area contributed by atoms with Gasteiger partial charge in [0.1, 0.15) is 0 Å². The van der Waals surface area contributed by atoms with Gasteiger partial charge in [0.15, 0.2) is 9.76 Å². The first-order chi connectivity index (χ1) is 6.62. The van der Waals surface area contributed by atoms with Crippen LogP contribution >= 0.6 is 0 Å². The number of cyclic esters (lactones) is 2. The summed E-state index contributed by atoms with van der Waals surface area (Å²) in [5, 5.41) is -0.611. The molecule has 0 amide bonds. The van der Waals surface area contributed by atoms with E-state index in [2.05, 4.69) is 0 Å². The van der Waals surface area contributed by atoms with Crippen molar-refractivity contribution in [3.05, 3.63) is 0 Å². The molecule has 0 aliphatic carbocycles. The van der Waals surface area contributed by atoms with Gasteiger partial charge in [0.05, 0.1) is 11.0 Å². The molecule has 80 valence electrons. The van der Waals surface area contributed by atoms with Crippen LogP contribution in [0.5, 0.6) is 0 Å². The van der Waals surface area contributed by atoms with E-state index in [0.29, 0.717) is 12.8 Å². The number of carbonyl (C=O) groups is 2. The van der Waals surface area contributed by atoms with Crippen molar-refractivity contribution >= 4 is 21.7 Å². The van der Waals surface area contributed by atoms with Crippen LogP contribution < -0.4 is 0 Å². The van der Waals surface area contributed by atoms with Gasteiger partial charge in [-0.2, -0.15) is 0 Å². The van der Waals surface area contributed by atoms with Gasteiger partial charge in [-0.1, -0.05) is 13.8 Å². The van der Waals surface area contributed by atoms with Crippen LogP contribution in [0.3, 0.4) is 0 Å². The normalized spacial score (nSPS) is 32.9. The molecule has 0 aromatic carbocycles. The summed E-state index contributed by atoms with van der Waals surface area (Å²) in [6.07, 6.45) is 1.28. The van der Waals surface area contributed by atoms with Crippen molar-refractivity contribution < 1.29 is 18.8 Å². The van der Waals surface area contributed by atoms with E-state index < -0.39 is 14.8 Å². The van der Waals surface area contributed by atoms with Crippen molar-refractivity contribution in [2.24, 2.45) is 5.92 Å². The highest BCUT2D eigenvalue weighted by Crippen LogP contribution is 2.47. The number of esters is 2. The highest BCUT2D eigenvalue weighted by Gasteiger charge is 2.55. The average molecular weight is 216 g/mol. The van der Waals surface area contributed by atoms with Crippen LogP contribution in [-0.4, -0.2) is 28.8 Å². The minimum atomic E-state index is -1.04. The first kappa shape index (κ1) is 11.4. The zero-order valence-corrected chi connectivity index (χ0v) is 10.2. The average Bonchev–Trinajstić information content (AvgIpc) is 2.39. The molecule has 2 atom stereocenters. The summed E-state index contributed by atoms with van der Waals surface area (Å²) < 4.78 is 9.86. The van der Waals surface area contributed by atoms with Gasteiger partial charge in [-0.05, 0) is 12.8 Å². The molecule has 14 heavy (non-hydrogen) atoms. The van der Waals surface area contributed by atoms with Gasteiger partial charge in [-0.15, -0.1) is 0 Å². The Morgan fingerprint density at radius 1 is 1.50 bits per heavy atom. The van der Waals surface area contributed by atoms with Crippen LogP contribution in [0, 0.1) is 5.92 Å². The van der Waals surface area contributed by atoms with Crippen molar-refractivity contribution in [2.75, 3.05) is 7.11 Å². The highest BCUT2D eigenvalue weighted by atomic mass is 28.2. The van der Waals surface area contributed by atoms with Crippen molar-refractivity contribution in [1.82, 2.24) is 0 Å². The summed E-state index contributed by atoms with van der Waals surface area (Å²) in [4.78, 5) is 23.0. The zero-order chi connectivity index (χ0) is 10.8. The Bertz CT molecular complexity index is 253. The van der Waals surface area contributed by atoms with Gasteiger partial charge in [-0.25, -0.2) is 0 Å². The minimum Gasteiger partial charge on any atom is -0.426 e. The first-order valence-corrected chi connectivity index (χ1v) is 6.15. The van der Waals surface area contributed by atoms with Gasteiger partial charge in [-0.3, -0.25) is 9.59 Å². The lowest BCUT2D eigenvalue weighted by atomic mass is 9.89. The fraction of sp³-hybridized carbons (Fsp3) is 0.778. The van der Waals surface area contributed by atoms with E-state index in [-0.39, 0.29) is 17.9 Å². The summed E-state index contributed by atoms with van der Waals surface area (Å²) in [5.74, 6) is -1.03. The van der Waals surface area contributed by atoms with E-state index >= 15 is 0 Å². The number of ether oxygens (including phenoxy) is 1. The Hall–Kier alpha value is -0.683. The lowest BCUT2D eigenvalue weighted by molar-refractivity contribution is -0.153. The Labute approximate surface area is 85.9 Å². The largest absolute Gasteiger partial charge is 0.426 e. The number of carbonyl (C=O) groups excluding carboxylic acids is 2. The molecule has 0 saturated carbocycles. The molecule has 1 aliphatic heterocycles. The molecule has 2 unspecified atom stereocenters. The third-order valence-electron chi connectivity index (χ3n) is 2.99. The molecule has 0 radical (unpaired) electrons. The number of hydrogen-bond donors (Lipinski definition) is 0. The lowest BCUT2D eigenvalue weighted by Crippen LogP contribution is -2.33. The van der Waals surface area contributed by atoms with Gasteiger partial charge >= 0.3 is 11.9 Å². The third-order valence-corrected chi connectivity index (χ3v) is 5.08. The Kier molecular flexibility index (Phi) is 3.44. The SMILES string of the molecule is CCC1C(=O)OC(=O)C1(CC)[SiH2]OC. The highest BCUT2D eigenvalue weighted by molar-refractivity contribution is 6.43. The number of hydrogen-bond acceptors (Lipinski definition) is 4. The van der Waals surface area contributed by atoms with E-state index in [0.717, 1.165) is 0 Å². The maximum atomic E-state index is 11.6. The lowest BCUT2D eigenvalue weighted by Gasteiger charge is -2.25. The molecule has 0 aromatic heterocycles. The van der Waals surface area contributed by atoms with Crippen molar-refractivity contribution in [3.8, 4) is 0 Å². The summed E-state index contributed by atoms with van der Waals surface area (Å²) >= 11 is 0. The van der Waals surface area contributed by atoms with E-state index in [9.17, 15) is 9.59 Å². The Morgan fingerprint density at radius 2 is 2.14 bits per heavy atom. The van der Waals surface area contributed by atoms with E-state index in [4.69, 9.17) is 9.16 Å². The topological polar surface area (TPSA) is 52.6 Å². The molecular weight excluding hydrogens is 200 g/mol. The van der Waals surface area contributed by atoms with Crippen LogP contribution in [0.25, 0.3) is 0 Å². The summed E-state index contributed by atoms with van der Waals surface area (Å²) in [6, 6.07) is 0. The monoisotopic (exact) mass is 216 g/mol. The van der Waals surface area contributed by atoms with Gasteiger partial charge in [0, 0.05) is 7.11 Å². The van der Waals surface area contributed by atoms with Crippen LogP contribution in [0.15, 0.2) is 0 Å². The van der Waals surface area contributed by atoms with Gasteiger partial charge in [0.2, 0.25) is 0 Å². The fourth-order valence-corrected chi connectivity index (χ4v) is 3.67. The van der Waals surface area contributed by atoms with Gasteiger partial charge in [0.25, 0.3) is 0 Å². The van der Waals surface area contributed by atoms with Crippen LogP contribution in [0.4, 0.5) is 0 Å². The van der Waals surface area contributed by atoms with Crippen molar-refractivity contribution in [3.63, 3.8) is 0 Å². The quantitative estimate of drug-likeness (QED) is 0.388. The summed E-state index contributed by atoms with van der Waals surface area (Å²) in [7, 11) is 0.548. The third kappa shape index (κ3) is 1.50. The van der Waals surface area contributed by atoms with E-state index in [1.54, 1.807) is 7.11 Å². The molecule has 1 saturated heterocycles. The van der Waals surface area contributed by atoms with Crippen LogP contribution in [0.2, 0.25) is 5.04 Å². The molecular formula is C9H16O4Si. The minimum absolute atomic E-state index is 0.286. The van der Waals surface area contributed by atoms with Crippen LogP contribution in [0.1, 0.15) is 26.7 Å². The number of rotatable bonds is 4. The van der Waals surface area contributed by atoms with Crippen molar-refractivity contribution in [1.29, 1.82) is 0 Å². The zero-order valence-electron chi connectivity index (χ0n) is 8.83. The Balaban J connectivity index is 3.00. The Morgan fingerprint density at radius 3 is 2.57 bits per heavy atom. The second-order valence-corrected chi connectivity index (χ2v) is 5.74. The molecule has 0 aromatic rings. The van der Waals surface area contributed by atoms with E-state index in [1.807, 2.05) is 13.8 Å². The first-order valence-electron chi connectivity index (χ1n) is 4.87. The summed E-state index contributed by atoms with van der Waals surface area (Å²) in [6.45, 7) is 3.81. The molecule has 5 heteroatoms. The molecule has 0 bridgehead atoms. The molecule has 1 fully saturated rings.